The number of hydrogen-bond donors (Lipinski definition) is 1. The lowest BCUT2D eigenvalue weighted by Gasteiger charge is -2.48. The van der Waals surface area contributed by atoms with Gasteiger partial charge in [0.15, 0.2) is 0 Å². The molecule has 108 valence electrons. The van der Waals surface area contributed by atoms with Crippen molar-refractivity contribution >= 4 is 11.8 Å². The third-order valence-corrected chi connectivity index (χ3v) is 5.31. The molecular weight excluding hydrogens is 240 g/mol. The number of nitrogens with zero attached hydrogens (tertiary/aromatic N) is 1. The zero-order valence-corrected chi connectivity index (χ0v) is 12.4. The largest absolute Gasteiger partial charge is 0.340 e. The second-order valence-electron chi connectivity index (χ2n) is 6.21. The van der Waals surface area contributed by atoms with Gasteiger partial charge in [-0.2, -0.15) is 0 Å². The summed E-state index contributed by atoms with van der Waals surface area (Å²) in [6.07, 6.45) is 6.09. The van der Waals surface area contributed by atoms with E-state index >= 15 is 0 Å². The summed E-state index contributed by atoms with van der Waals surface area (Å²) in [6, 6.07) is 0. The van der Waals surface area contributed by atoms with Crippen molar-refractivity contribution in [3.63, 3.8) is 0 Å². The summed E-state index contributed by atoms with van der Waals surface area (Å²) in [5, 5.41) is 2.92. The van der Waals surface area contributed by atoms with Crippen molar-refractivity contribution in [2.75, 3.05) is 13.1 Å². The molecular formula is C15H26N2O2. The summed E-state index contributed by atoms with van der Waals surface area (Å²) in [7, 11) is 0. The van der Waals surface area contributed by atoms with Crippen LogP contribution in [0.25, 0.3) is 0 Å². The molecule has 2 rings (SSSR count). The molecule has 2 aliphatic rings. The van der Waals surface area contributed by atoms with Gasteiger partial charge in [-0.3, -0.25) is 9.59 Å². The summed E-state index contributed by atoms with van der Waals surface area (Å²) < 4.78 is 0. The van der Waals surface area contributed by atoms with Gasteiger partial charge in [-0.15, -0.1) is 0 Å². The molecule has 0 radical (unpaired) electrons. The highest BCUT2D eigenvalue weighted by Gasteiger charge is 2.47. The number of carbonyl (C=O) groups excluding carboxylic acids is 2. The van der Waals surface area contributed by atoms with Gasteiger partial charge < -0.3 is 10.2 Å². The molecule has 2 amide bonds. The van der Waals surface area contributed by atoms with Crippen molar-refractivity contribution in [3.05, 3.63) is 0 Å². The highest BCUT2D eigenvalue weighted by Crippen LogP contribution is 2.44. The van der Waals surface area contributed by atoms with Gasteiger partial charge >= 0.3 is 0 Å². The van der Waals surface area contributed by atoms with E-state index in [4.69, 9.17) is 0 Å². The fraction of sp³-hybridized carbons (Fsp3) is 0.867. The molecule has 0 atom stereocenters. The minimum Gasteiger partial charge on any atom is -0.340 e. The zero-order valence-electron chi connectivity index (χ0n) is 12.4. The Morgan fingerprint density at radius 1 is 1.11 bits per heavy atom. The lowest BCUT2D eigenvalue weighted by molar-refractivity contribution is -0.153. The Bertz CT molecular complexity index is 365. The number of nitrogens with one attached hydrogen (secondary N) is 1. The normalized spacial score (nSPS) is 24.9. The van der Waals surface area contributed by atoms with E-state index in [0.29, 0.717) is 12.8 Å². The number of piperazine rings is 1. The Morgan fingerprint density at radius 2 is 1.74 bits per heavy atom. The lowest BCUT2D eigenvalue weighted by atomic mass is 9.66. The van der Waals surface area contributed by atoms with Crippen LogP contribution >= 0.6 is 0 Å². The minimum absolute atomic E-state index is 0.00567. The highest BCUT2D eigenvalue weighted by atomic mass is 16.2. The van der Waals surface area contributed by atoms with Crippen molar-refractivity contribution < 1.29 is 9.59 Å². The molecule has 4 nitrogen and oxygen atoms in total. The van der Waals surface area contributed by atoms with Gasteiger partial charge in [0.1, 0.15) is 5.54 Å². The average molecular weight is 266 g/mol. The summed E-state index contributed by atoms with van der Waals surface area (Å²) >= 11 is 0. The number of hydrogen-bond acceptors (Lipinski definition) is 2. The van der Waals surface area contributed by atoms with Gasteiger partial charge in [-0.25, -0.2) is 0 Å². The maximum atomic E-state index is 12.7. The number of rotatable bonds is 5. The van der Waals surface area contributed by atoms with E-state index in [-0.39, 0.29) is 23.8 Å². The molecule has 2 fully saturated rings. The molecule has 0 spiro atoms. The second-order valence-corrected chi connectivity index (χ2v) is 6.21. The number of carbonyl (C=O) groups is 2. The predicted octanol–water partition coefficient (Wildman–Crippen LogP) is 2.08. The van der Waals surface area contributed by atoms with Crippen LogP contribution < -0.4 is 5.32 Å². The maximum absolute atomic E-state index is 12.7. The lowest BCUT2D eigenvalue weighted by Crippen LogP contribution is -2.67. The Kier molecular flexibility index (Phi) is 3.88. The van der Waals surface area contributed by atoms with Crippen LogP contribution in [-0.4, -0.2) is 35.3 Å². The van der Waals surface area contributed by atoms with Gasteiger partial charge in [-0.05, 0) is 37.5 Å². The van der Waals surface area contributed by atoms with E-state index < -0.39 is 5.54 Å². The Hall–Kier alpha value is -1.06. The van der Waals surface area contributed by atoms with Crippen LogP contribution in [0.1, 0.15) is 59.3 Å². The van der Waals surface area contributed by atoms with Gasteiger partial charge in [0.05, 0.1) is 6.54 Å². The van der Waals surface area contributed by atoms with Gasteiger partial charge in [0.2, 0.25) is 11.8 Å². The monoisotopic (exact) mass is 266 g/mol. The zero-order chi connectivity index (χ0) is 14.1. The SMILES string of the molecule is CCC1(CN2CC(=O)NC(CC)(CC)C2=O)CCC1. The molecule has 0 bridgehead atoms. The molecule has 1 heterocycles. The minimum atomic E-state index is -0.659. The van der Waals surface area contributed by atoms with E-state index in [1.54, 1.807) is 0 Å². The van der Waals surface area contributed by atoms with Gasteiger partial charge in [-0.1, -0.05) is 27.2 Å². The van der Waals surface area contributed by atoms with Gasteiger partial charge in [0.25, 0.3) is 0 Å². The van der Waals surface area contributed by atoms with Crippen LogP contribution in [0.4, 0.5) is 0 Å². The molecule has 1 N–H and O–H groups in total. The summed E-state index contributed by atoms with van der Waals surface area (Å²) in [5.74, 6) is 0.116. The van der Waals surface area contributed by atoms with Crippen molar-refractivity contribution in [2.45, 2.75) is 64.8 Å². The summed E-state index contributed by atoms with van der Waals surface area (Å²) in [6.45, 7) is 7.15. The van der Waals surface area contributed by atoms with Crippen molar-refractivity contribution in [1.82, 2.24) is 10.2 Å². The Labute approximate surface area is 115 Å². The Morgan fingerprint density at radius 3 is 2.16 bits per heavy atom. The van der Waals surface area contributed by atoms with Crippen LogP contribution in [0.2, 0.25) is 0 Å². The highest BCUT2D eigenvalue weighted by molar-refractivity contribution is 5.97. The standard InChI is InChI=1S/C15H26N2O2/c1-4-14(8-7-9-14)11-17-10-12(18)16-15(5-2,6-3)13(17)19/h4-11H2,1-3H3,(H,16,18). The predicted molar refractivity (Wildman–Crippen MR) is 74.6 cm³/mol. The van der Waals surface area contributed by atoms with Crippen LogP contribution in [-0.2, 0) is 9.59 Å². The molecule has 1 aliphatic carbocycles. The van der Waals surface area contributed by atoms with E-state index in [2.05, 4.69) is 12.2 Å². The molecule has 1 aliphatic heterocycles. The van der Waals surface area contributed by atoms with E-state index in [9.17, 15) is 9.59 Å². The first-order chi connectivity index (χ1) is 9.01. The summed E-state index contributed by atoms with van der Waals surface area (Å²) in [4.78, 5) is 26.4. The van der Waals surface area contributed by atoms with Crippen molar-refractivity contribution in [3.8, 4) is 0 Å². The quantitative estimate of drug-likeness (QED) is 0.828. The van der Waals surface area contributed by atoms with Crippen LogP contribution in [0.5, 0.6) is 0 Å². The average Bonchev–Trinajstić information content (AvgIpc) is 2.37. The van der Waals surface area contributed by atoms with E-state index in [1.165, 1.54) is 19.3 Å². The van der Waals surface area contributed by atoms with E-state index in [0.717, 1.165) is 13.0 Å². The summed E-state index contributed by atoms with van der Waals surface area (Å²) in [5.41, 5.74) is -0.380. The molecule has 0 aromatic rings. The first-order valence-corrected chi connectivity index (χ1v) is 7.61. The second kappa shape index (κ2) is 5.14. The molecule has 0 unspecified atom stereocenters. The smallest absolute Gasteiger partial charge is 0.248 e. The molecule has 0 aromatic heterocycles. The molecule has 19 heavy (non-hydrogen) atoms. The van der Waals surface area contributed by atoms with Crippen molar-refractivity contribution in [2.24, 2.45) is 5.41 Å². The van der Waals surface area contributed by atoms with Crippen molar-refractivity contribution in [1.29, 1.82) is 0 Å². The number of amides is 2. The topological polar surface area (TPSA) is 49.4 Å². The molecule has 4 heteroatoms. The van der Waals surface area contributed by atoms with Gasteiger partial charge in [0, 0.05) is 6.54 Å². The third-order valence-electron chi connectivity index (χ3n) is 5.31. The Balaban J connectivity index is 2.15. The maximum Gasteiger partial charge on any atom is 0.248 e. The van der Waals surface area contributed by atoms with E-state index in [1.807, 2.05) is 18.7 Å². The van der Waals surface area contributed by atoms with Crippen LogP contribution in [0.15, 0.2) is 0 Å². The van der Waals surface area contributed by atoms with Crippen LogP contribution in [0.3, 0.4) is 0 Å². The fourth-order valence-electron chi connectivity index (χ4n) is 3.47. The first kappa shape index (κ1) is 14.4. The third kappa shape index (κ3) is 2.37. The first-order valence-electron chi connectivity index (χ1n) is 7.61. The molecule has 1 saturated carbocycles. The fourth-order valence-corrected chi connectivity index (χ4v) is 3.47. The molecule has 0 aromatic carbocycles. The van der Waals surface area contributed by atoms with Crippen LogP contribution in [0, 0.1) is 5.41 Å². The molecule has 1 saturated heterocycles.